The molecule has 0 bridgehead atoms. The third kappa shape index (κ3) is 2.53. The first-order valence-corrected chi connectivity index (χ1v) is 8.95. The number of β-lactam (4-membered cyclic amide) rings is 1. The maximum absolute atomic E-state index is 12.4. The molecule has 9 heteroatoms. The summed E-state index contributed by atoms with van der Waals surface area (Å²) in [5.74, 6) is -1.98. The summed E-state index contributed by atoms with van der Waals surface area (Å²) in [7, 11) is 0. The average Bonchev–Trinajstić information content (AvgIpc) is 3.19. The Balaban J connectivity index is 1.56. The number of aliphatic hydroxyl groups is 1. The summed E-state index contributed by atoms with van der Waals surface area (Å²) in [6, 6.07) is -0.259. The van der Waals surface area contributed by atoms with E-state index in [4.69, 9.17) is 4.74 Å². The molecular formula is C17H22N4O5. The third-order valence-electron chi connectivity index (χ3n) is 5.68. The number of carbonyl (C=O) groups excluding carboxylic acids is 1. The van der Waals surface area contributed by atoms with Gasteiger partial charge in [-0.15, -0.1) is 5.10 Å². The Hall–Kier alpha value is -2.26. The molecule has 0 aromatic carbocycles. The van der Waals surface area contributed by atoms with Crippen LogP contribution in [0.15, 0.2) is 23.7 Å². The highest BCUT2D eigenvalue weighted by molar-refractivity contribution is 6.00. The zero-order chi connectivity index (χ0) is 18.4. The number of aromatic nitrogens is 3. The number of carboxylic acids is 1. The van der Waals surface area contributed by atoms with Crippen LogP contribution in [0.5, 0.6) is 0 Å². The lowest BCUT2D eigenvalue weighted by Gasteiger charge is -2.47. The molecule has 3 heterocycles. The lowest BCUT2D eigenvalue weighted by Crippen LogP contribution is -2.64. The Morgan fingerprint density at radius 2 is 2.27 bits per heavy atom. The fourth-order valence-electron chi connectivity index (χ4n) is 4.65. The van der Waals surface area contributed by atoms with Gasteiger partial charge in [0.1, 0.15) is 5.70 Å². The summed E-state index contributed by atoms with van der Waals surface area (Å²) in [4.78, 5) is 25.7. The monoisotopic (exact) mass is 362 g/mol. The molecule has 9 nitrogen and oxygen atoms in total. The Labute approximate surface area is 150 Å². The van der Waals surface area contributed by atoms with Crippen molar-refractivity contribution in [2.24, 2.45) is 11.8 Å². The number of amides is 1. The van der Waals surface area contributed by atoms with Crippen LogP contribution in [-0.4, -0.2) is 66.8 Å². The van der Waals surface area contributed by atoms with Crippen LogP contribution in [0, 0.1) is 11.8 Å². The van der Waals surface area contributed by atoms with Crippen molar-refractivity contribution in [2.45, 2.75) is 51.0 Å². The smallest absolute Gasteiger partial charge is 0.352 e. The maximum atomic E-state index is 12.4. The maximum Gasteiger partial charge on any atom is 0.352 e. The van der Waals surface area contributed by atoms with Gasteiger partial charge in [-0.25, -0.2) is 4.79 Å². The van der Waals surface area contributed by atoms with Gasteiger partial charge in [0.25, 0.3) is 0 Å². The van der Waals surface area contributed by atoms with Crippen molar-refractivity contribution in [3.05, 3.63) is 23.7 Å². The quantitative estimate of drug-likeness (QED) is 0.685. The van der Waals surface area contributed by atoms with Crippen LogP contribution in [0.2, 0.25) is 0 Å². The van der Waals surface area contributed by atoms with Gasteiger partial charge in [-0.1, -0.05) is 5.21 Å². The van der Waals surface area contributed by atoms with Crippen LogP contribution in [-0.2, 0) is 20.9 Å². The minimum atomic E-state index is -1.10. The molecular weight excluding hydrogens is 340 g/mol. The standard InChI is InChI=1S/C17H22N4O5/c1-9(22)12-14-10-3-2-4-11(26-8-7-20-6-5-18-19-20)13(10)15(17(24)25)21(14)16(12)23/h5-6,9-12,14,22H,2-4,7-8H2,1H3,(H,24,25)/t9-,10+,11+,12-,14-/m1/s1. The number of nitrogens with zero attached hydrogens (tertiary/aromatic N) is 4. The van der Waals surface area contributed by atoms with Gasteiger partial charge in [0.15, 0.2) is 0 Å². The van der Waals surface area contributed by atoms with E-state index in [-0.39, 0.29) is 29.7 Å². The van der Waals surface area contributed by atoms with Crippen LogP contribution in [0.4, 0.5) is 0 Å². The summed E-state index contributed by atoms with van der Waals surface area (Å²) < 4.78 is 7.65. The first-order valence-electron chi connectivity index (χ1n) is 8.95. The van der Waals surface area contributed by atoms with Crippen LogP contribution in [0.1, 0.15) is 26.2 Å². The second-order valence-electron chi connectivity index (χ2n) is 7.14. The van der Waals surface area contributed by atoms with Gasteiger partial charge < -0.3 is 19.8 Å². The lowest BCUT2D eigenvalue weighted by atomic mass is 9.71. The van der Waals surface area contributed by atoms with E-state index < -0.39 is 18.0 Å². The lowest BCUT2D eigenvalue weighted by molar-refractivity contribution is -0.163. The number of hydrogen-bond donors (Lipinski definition) is 2. The second-order valence-corrected chi connectivity index (χ2v) is 7.14. The molecule has 0 unspecified atom stereocenters. The van der Waals surface area contributed by atoms with Crippen molar-refractivity contribution in [2.75, 3.05) is 6.61 Å². The molecule has 2 N–H and O–H groups in total. The summed E-state index contributed by atoms with van der Waals surface area (Å²) in [5, 5.41) is 27.3. The highest BCUT2D eigenvalue weighted by Gasteiger charge is 2.62. The Morgan fingerprint density at radius 1 is 1.46 bits per heavy atom. The molecule has 140 valence electrons. The van der Waals surface area contributed by atoms with Gasteiger partial charge in [0.2, 0.25) is 5.91 Å². The van der Waals surface area contributed by atoms with E-state index in [0.717, 1.165) is 19.3 Å². The van der Waals surface area contributed by atoms with E-state index in [9.17, 15) is 19.8 Å². The summed E-state index contributed by atoms with van der Waals surface area (Å²) in [6.45, 7) is 2.50. The van der Waals surface area contributed by atoms with Crippen molar-refractivity contribution < 1.29 is 24.5 Å². The first kappa shape index (κ1) is 17.2. The molecule has 1 saturated carbocycles. The SMILES string of the molecule is C[C@@H](O)[C@H]1C(=O)N2C(C(=O)O)=C3[C@@H](OCCn4ccnn4)CCC[C@@H]3[C@H]12. The predicted octanol–water partition coefficient (Wildman–Crippen LogP) is 0.0235. The number of rotatable bonds is 6. The molecule has 1 aliphatic carbocycles. The Kier molecular flexibility index (Phi) is 4.28. The summed E-state index contributed by atoms with van der Waals surface area (Å²) in [5.41, 5.74) is 0.774. The van der Waals surface area contributed by atoms with Crippen LogP contribution >= 0.6 is 0 Å². The van der Waals surface area contributed by atoms with E-state index in [1.54, 1.807) is 24.0 Å². The number of carboxylic acid groups (broad SMARTS) is 1. The predicted molar refractivity (Wildman–Crippen MR) is 87.6 cm³/mol. The number of fused-ring (bicyclic) bond motifs is 3. The van der Waals surface area contributed by atoms with Gasteiger partial charge in [-0.2, -0.15) is 0 Å². The highest BCUT2D eigenvalue weighted by Crippen LogP contribution is 2.52. The van der Waals surface area contributed by atoms with Gasteiger partial charge in [0.05, 0.1) is 43.5 Å². The minimum absolute atomic E-state index is 0.0523. The van der Waals surface area contributed by atoms with Crippen molar-refractivity contribution in [1.29, 1.82) is 0 Å². The number of ether oxygens (including phenoxy) is 1. The Bertz CT molecular complexity index is 744. The molecule has 2 fully saturated rings. The van der Waals surface area contributed by atoms with Gasteiger partial charge in [-0.3, -0.25) is 9.48 Å². The summed E-state index contributed by atoms with van der Waals surface area (Å²) in [6.07, 6.45) is 4.66. The van der Waals surface area contributed by atoms with Crippen molar-refractivity contribution in [1.82, 2.24) is 19.9 Å². The number of hydrogen-bond acceptors (Lipinski definition) is 6. The van der Waals surface area contributed by atoms with E-state index >= 15 is 0 Å². The third-order valence-corrected chi connectivity index (χ3v) is 5.68. The zero-order valence-corrected chi connectivity index (χ0v) is 14.5. The van der Waals surface area contributed by atoms with Crippen LogP contribution in [0.3, 0.4) is 0 Å². The number of aliphatic hydroxyl groups excluding tert-OH is 1. The molecule has 26 heavy (non-hydrogen) atoms. The molecule has 0 radical (unpaired) electrons. The molecule has 1 aromatic rings. The summed E-state index contributed by atoms with van der Waals surface area (Å²) >= 11 is 0. The molecule has 1 saturated heterocycles. The van der Waals surface area contributed by atoms with Crippen molar-refractivity contribution >= 4 is 11.9 Å². The molecule has 1 amide bonds. The van der Waals surface area contributed by atoms with Gasteiger partial charge in [-0.05, 0) is 31.8 Å². The van der Waals surface area contributed by atoms with Crippen LogP contribution < -0.4 is 0 Å². The van der Waals surface area contributed by atoms with E-state index in [1.807, 2.05) is 0 Å². The van der Waals surface area contributed by atoms with E-state index in [2.05, 4.69) is 10.3 Å². The number of carbonyl (C=O) groups is 2. The molecule has 3 aliphatic rings. The number of aliphatic carboxylic acids is 1. The molecule has 0 spiro atoms. The van der Waals surface area contributed by atoms with Crippen molar-refractivity contribution in [3.8, 4) is 0 Å². The fraction of sp³-hybridized carbons (Fsp3) is 0.647. The van der Waals surface area contributed by atoms with Crippen LogP contribution in [0.25, 0.3) is 0 Å². The topological polar surface area (TPSA) is 118 Å². The van der Waals surface area contributed by atoms with Crippen molar-refractivity contribution in [3.63, 3.8) is 0 Å². The fourth-order valence-corrected chi connectivity index (χ4v) is 4.65. The molecule has 5 atom stereocenters. The van der Waals surface area contributed by atoms with E-state index in [0.29, 0.717) is 18.7 Å². The molecule has 2 aliphatic heterocycles. The second kappa shape index (κ2) is 6.48. The van der Waals surface area contributed by atoms with Gasteiger partial charge >= 0.3 is 5.97 Å². The normalized spacial score (nSPS) is 31.5. The Morgan fingerprint density at radius 3 is 2.92 bits per heavy atom. The zero-order valence-electron chi connectivity index (χ0n) is 14.5. The highest BCUT2D eigenvalue weighted by atomic mass is 16.5. The molecule has 4 rings (SSSR count). The minimum Gasteiger partial charge on any atom is -0.477 e. The molecule has 1 aromatic heterocycles. The van der Waals surface area contributed by atoms with Gasteiger partial charge in [0, 0.05) is 12.1 Å². The average molecular weight is 362 g/mol. The van der Waals surface area contributed by atoms with E-state index in [1.165, 1.54) is 4.90 Å². The largest absolute Gasteiger partial charge is 0.477 e. The first-order chi connectivity index (χ1) is 12.5.